The highest BCUT2D eigenvalue weighted by Gasteiger charge is 2.34. The van der Waals surface area contributed by atoms with Gasteiger partial charge in [0, 0.05) is 30.1 Å². The number of hydrogen-bond acceptors (Lipinski definition) is 2. The summed E-state index contributed by atoms with van der Waals surface area (Å²) in [5, 5.41) is 0.692. The number of halogens is 1. The van der Waals surface area contributed by atoms with E-state index in [-0.39, 0.29) is 5.91 Å². The Bertz CT molecular complexity index is 481. The Balaban J connectivity index is 1.63. The summed E-state index contributed by atoms with van der Waals surface area (Å²) < 4.78 is 5.42. The van der Waals surface area contributed by atoms with Crippen LogP contribution >= 0.6 is 11.6 Å². The highest BCUT2D eigenvalue weighted by Crippen LogP contribution is 2.29. The number of rotatable bonds is 5. The Morgan fingerprint density at radius 3 is 2.85 bits per heavy atom. The Kier molecular flexibility index (Phi) is 4.27. The molecule has 108 valence electrons. The van der Waals surface area contributed by atoms with Gasteiger partial charge in [0.1, 0.15) is 0 Å². The standard InChI is InChI=1S/C16H20ClNO2/c17-14-3-1-2-12(8-14)9-16(19)18(15-4-5-15)10-13-6-7-20-11-13/h1-3,8,13,15H,4-7,9-11H2. The summed E-state index contributed by atoms with van der Waals surface area (Å²) in [5.41, 5.74) is 0.996. The number of carbonyl (C=O) groups excluding carboxylic acids is 1. The lowest BCUT2D eigenvalue weighted by atomic mass is 10.1. The normalized spacial score (nSPS) is 21.9. The molecule has 2 fully saturated rings. The van der Waals surface area contributed by atoms with E-state index < -0.39 is 0 Å². The van der Waals surface area contributed by atoms with E-state index in [1.165, 1.54) is 0 Å². The van der Waals surface area contributed by atoms with Crippen LogP contribution in [-0.4, -0.2) is 36.6 Å². The van der Waals surface area contributed by atoms with Crippen LogP contribution in [-0.2, 0) is 16.0 Å². The van der Waals surface area contributed by atoms with E-state index in [1.54, 1.807) is 0 Å². The lowest BCUT2D eigenvalue weighted by Gasteiger charge is -2.25. The van der Waals surface area contributed by atoms with E-state index in [1.807, 2.05) is 24.3 Å². The molecular weight excluding hydrogens is 274 g/mol. The second-order valence-corrected chi connectivity index (χ2v) is 6.25. The largest absolute Gasteiger partial charge is 0.381 e. The maximum absolute atomic E-state index is 12.5. The smallest absolute Gasteiger partial charge is 0.227 e. The third-order valence-corrected chi connectivity index (χ3v) is 4.27. The number of ether oxygens (including phenoxy) is 1. The minimum atomic E-state index is 0.224. The maximum atomic E-state index is 12.5. The quantitative estimate of drug-likeness (QED) is 0.835. The zero-order valence-corrected chi connectivity index (χ0v) is 12.3. The fourth-order valence-corrected chi connectivity index (χ4v) is 2.98. The van der Waals surface area contributed by atoms with Crippen LogP contribution in [0.25, 0.3) is 0 Å². The Morgan fingerprint density at radius 1 is 1.35 bits per heavy atom. The first-order chi connectivity index (χ1) is 9.72. The van der Waals surface area contributed by atoms with Gasteiger partial charge < -0.3 is 9.64 Å². The molecule has 3 nitrogen and oxygen atoms in total. The van der Waals surface area contributed by atoms with Crippen LogP contribution in [0.15, 0.2) is 24.3 Å². The summed E-state index contributed by atoms with van der Waals surface area (Å²) in [4.78, 5) is 14.6. The van der Waals surface area contributed by atoms with Crippen LogP contribution in [0.3, 0.4) is 0 Å². The van der Waals surface area contributed by atoms with Crippen LogP contribution in [0.1, 0.15) is 24.8 Å². The molecule has 0 aromatic heterocycles. The monoisotopic (exact) mass is 293 g/mol. The van der Waals surface area contributed by atoms with Gasteiger partial charge in [-0.25, -0.2) is 0 Å². The van der Waals surface area contributed by atoms with Crippen molar-refractivity contribution in [2.75, 3.05) is 19.8 Å². The van der Waals surface area contributed by atoms with Gasteiger partial charge >= 0.3 is 0 Å². The van der Waals surface area contributed by atoms with Gasteiger partial charge in [0.25, 0.3) is 0 Å². The number of hydrogen-bond donors (Lipinski definition) is 0. The molecule has 1 atom stereocenters. The van der Waals surface area contributed by atoms with Crippen molar-refractivity contribution in [3.8, 4) is 0 Å². The molecule has 0 bridgehead atoms. The Labute approximate surface area is 124 Å². The van der Waals surface area contributed by atoms with E-state index in [9.17, 15) is 4.79 Å². The summed E-state index contributed by atoms with van der Waals surface area (Å²) in [5.74, 6) is 0.737. The molecule has 0 spiro atoms. The predicted molar refractivity (Wildman–Crippen MR) is 78.8 cm³/mol. The summed E-state index contributed by atoms with van der Waals surface area (Å²) in [6, 6.07) is 8.04. The number of carbonyl (C=O) groups is 1. The molecule has 0 radical (unpaired) electrons. The Morgan fingerprint density at radius 2 is 2.20 bits per heavy atom. The van der Waals surface area contributed by atoms with E-state index in [4.69, 9.17) is 16.3 Å². The third kappa shape index (κ3) is 3.53. The first kappa shape index (κ1) is 13.9. The Hall–Kier alpha value is -1.06. The first-order valence-electron chi connectivity index (χ1n) is 7.34. The lowest BCUT2D eigenvalue weighted by molar-refractivity contribution is -0.131. The lowest BCUT2D eigenvalue weighted by Crippen LogP contribution is -2.38. The highest BCUT2D eigenvalue weighted by molar-refractivity contribution is 6.30. The highest BCUT2D eigenvalue weighted by atomic mass is 35.5. The molecule has 3 rings (SSSR count). The van der Waals surface area contributed by atoms with Crippen LogP contribution in [0.5, 0.6) is 0 Å². The first-order valence-corrected chi connectivity index (χ1v) is 7.72. The van der Waals surface area contributed by atoms with Gasteiger partial charge in [-0.1, -0.05) is 23.7 Å². The fourth-order valence-electron chi connectivity index (χ4n) is 2.77. The van der Waals surface area contributed by atoms with Crippen LogP contribution in [0, 0.1) is 5.92 Å². The summed E-state index contributed by atoms with van der Waals surface area (Å²) >= 11 is 5.98. The molecule has 1 amide bonds. The van der Waals surface area contributed by atoms with E-state index in [0.29, 0.717) is 23.4 Å². The van der Waals surface area contributed by atoms with Gasteiger partial charge in [-0.3, -0.25) is 4.79 Å². The van der Waals surface area contributed by atoms with Crippen molar-refractivity contribution in [1.29, 1.82) is 0 Å². The SMILES string of the molecule is O=C(Cc1cccc(Cl)c1)N(CC1CCOC1)C1CC1. The van der Waals surface area contributed by atoms with Crippen molar-refractivity contribution >= 4 is 17.5 Å². The van der Waals surface area contributed by atoms with Crippen molar-refractivity contribution in [2.24, 2.45) is 5.92 Å². The average molecular weight is 294 g/mol. The van der Waals surface area contributed by atoms with Crippen molar-refractivity contribution in [3.05, 3.63) is 34.9 Å². The minimum absolute atomic E-state index is 0.224. The van der Waals surface area contributed by atoms with E-state index in [2.05, 4.69) is 4.90 Å². The van der Waals surface area contributed by atoms with Gasteiger partial charge in [0.15, 0.2) is 0 Å². The summed E-state index contributed by atoms with van der Waals surface area (Å²) in [7, 11) is 0. The molecule has 4 heteroatoms. The molecule has 0 N–H and O–H groups in total. The van der Waals surface area contributed by atoms with Crippen LogP contribution in [0.2, 0.25) is 5.02 Å². The molecule has 1 aromatic rings. The summed E-state index contributed by atoms with van der Waals surface area (Å²) in [6.45, 7) is 2.49. The second-order valence-electron chi connectivity index (χ2n) is 5.81. The maximum Gasteiger partial charge on any atom is 0.227 e. The number of amides is 1. The van der Waals surface area contributed by atoms with Gasteiger partial charge in [-0.2, -0.15) is 0 Å². The van der Waals surface area contributed by atoms with Gasteiger partial charge in [0.05, 0.1) is 13.0 Å². The van der Waals surface area contributed by atoms with E-state index >= 15 is 0 Å². The second kappa shape index (κ2) is 6.15. The van der Waals surface area contributed by atoms with E-state index in [0.717, 1.165) is 44.6 Å². The molecular formula is C16H20ClNO2. The third-order valence-electron chi connectivity index (χ3n) is 4.03. The predicted octanol–water partition coefficient (Wildman–Crippen LogP) is 2.91. The zero-order chi connectivity index (χ0) is 13.9. The molecule has 2 aliphatic rings. The molecule has 1 unspecified atom stereocenters. The molecule has 1 aromatic carbocycles. The van der Waals surface area contributed by atoms with Crippen LogP contribution in [0.4, 0.5) is 0 Å². The number of benzene rings is 1. The molecule has 1 aliphatic heterocycles. The molecule has 1 saturated carbocycles. The minimum Gasteiger partial charge on any atom is -0.381 e. The average Bonchev–Trinajstić information content (AvgIpc) is 3.12. The van der Waals surface area contributed by atoms with Crippen molar-refractivity contribution in [3.63, 3.8) is 0 Å². The fraction of sp³-hybridized carbons (Fsp3) is 0.562. The van der Waals surface area contributed by atoms with Crippen molar-refractivity contribution in [2.45, 2.75) is 31.7 Å². The zero-order valence-electron chi connectivity index (χ0n) is 11.6. The van der Waals surface area contributed by atoms with Crippen LogP contribution < -0.4 is 0 Å². The van der Waals surface area contributed by atoms with Gasteiger partial charge in [-0.05, 0) is 37.0 Å². The molecule has 20 heavy (non-hydrogen) atoms. The summed E-state index contributed by atoms with van der Waals surface area (Å²) in [6.07, 6.45) is 3.82. The van der Waals surface area contributed by atoms with Gasteiger partial charge in [0.2, 0.25) is 5.91 Å². The topological polar surface area (TPSA) is 29.5 Å². The molecule has 1 saturated heterocycles. The van der Waals surface area contributed by atoms with Crippen molar-refractivity contribution in [1.82, 2.24) is 4.90 Å². The van der Waals surface area contributed by atoms with Gasteiger partial charge in [-0.15, -0.1) is 0 Å². The molecule has 1 heterocycles. The van der Waals surface area contributed by atoms with Crippen molar-refractivity contribution < 1.29 is 9.53 Å². The molecule has 1 aliphatic carbocycles. The number of nitrogens with zero attached hydrogens (tertiary/aromatic N) is 1.